The van der Waals surface area contributed by atoms with Gasteiger partial charge in [-0.05, 0) is 25.3 Å². The molecule has 0 saturated carbocycles. The molecule has 24 heavy (non-hydrogen) atoms. The first-order valence-corrected chi connectivity index (χ1v) is 8.27. The van der Waals surface area contributed by atoms with Crippen LogP contribution in [0.4, 0.5) is 0 Å². The van der Waals surface area contributed by atoms with Crippen molar-refractivity contribution in [2.75, 3.05) is 13.6 Å². The highest BCUT2D eigenvalue weighted by Gasteiger charge is 2.47. The summed E-state index contributed by atoms with van der Waals surface area (Å²) in [6.45, 7) is 2.31. The number of hydrogen-bond donors (Lipinski definition) is 0. The third kappa shape index (κ3) is 3.11. The smallest absolute Gasteiger partial charge is 0.242 e. The van der Waals surface area contributed by atoms with Crippen LogP contribution in [-0.4, -0.2) is 41.1 Å². The van der Waals surface area contributed by atoms with Gasteiger partial charge in [-0.3, -0.25) is 19.3 Å². The number of likely N-dealkylation sites (tertiary alicyclic amines) is 1. The van der Waals surface area contributed by atoms with Crippen molar-refractivity contribution < 1.29 is 14.4 Å². The molecule has 1 fully saturated rings. The van der Waals surface area contributed by atoms with E-state index in [2.05, 4.69) is 0 Å². The number of carbonyl (C=O) groups is 3. The van der Waals surface area contributed by atoms with Crippen molar-refractivity contribution in [3.05, 3.63) is 47.5 Å². The predicted molar refractivity (Wildman–Crippen MR) is 89.7 cm³/mol. The topological polar surface area (TPSA) is 57.7 Å². The maximum Gasteiger partial charge on any atom is 0.242 e. The van der Waals surface area contributed by atoms with E-state index in [4.69, 9.17) is 0 Å². The molecule has 2 aliphatic rings. The summed E-state index contributed by atoms with van der Waals surface area (Å²) < 4.78 is 0. The first kappa shape index (κ1) is 16.4. The summed E-state index contributed by atoms with van der Waals surface area (Å²) in [4.78, 5) is 40.0. The maximum atomic E-state index is 12.4. The van der Waals surface area contributed by atoms with Gasteiger partial charge >= 0.3 is 0 Å². The van der Waals surface area contributed by atoms with Crippen LogP contribution < -0.4 is 0 Å². The Balaban J connectivity index is 1.63. The van der Waals surface area contributed by atoms with E-state index in [0.717, 1.165) is 16.0 Å². The number of fused-ring (bicyclic) bond motifs is 1. The molecule has 1 aromatic carbocycles. The van der Waals surface area contributed by atoms with Crippen LogP contribution in [-0.2, 0) is 20.9 Å². The van der Waals surface area contributed by atoms with Gasteiger partial charge < -0.3 is 4.90 Å². The SMILES string of the molecule is Cc1ccc(CN(C)C(=O)CN2C(=O)[C@H]3CC=CC[C@@H]3C2=O)cc1. The summed E-state index contributed by atoms with van der Waals surface area (Å²) in [5.74, 6) is -1.18. The molecule has 1 aromatic rings. The minimum absolute atomic E-state index is 0.160. The molecule has 126 valence electrons. The molecule has 0 N–H and O–H groups in total. The largest absolute Gasteiger partial charge is 0.340 e. The predicted octanol–water partition coefficient (Wildman–Crippen LogP) is 1.90. The molecule has 1 aliphatic heterocycles. The first-order chi connectivity index (χ1) is 11.5. The molecule has 0 spiro atoms. The fourth-order valence-electron chi connectivity index (χ4n) is 3.34. The Morgan fingerprint density at radius 1 is 1.08 bits per heavy atom. The number of aryl methyl sites for hydroxylation is 1. The van der Waals surface area contributed by atoms with Crippen molar-refractivity contribution in [3.63, 3.8) is 0 Å². The Morgan fingerprint density at radius 2 is 1.62 bits per heavy atom. The van der Waals surface area contributed by atoms with Crippen molar-refractivity contribution in [2.24, 2.45) is 11.8 Å². The van der Waals surface area contributed by atoms with E-state index in [1.54, 1.807) is 11.9 Å². The van der Waals surface area contributed by atoms with Gasteiger partial charge in [-0.15, -0.1) is 0 Å². The Kier molecular flexibility index (Phi) is 4.51. The van der Waals surface area contributed by atoms with Crippen LogP contribution in [0, 0.1) is 18.8 Å². The van der Waals surface area contributed by atoms with E-state index < -0.39 is 0 Å². The van der Waals surface area contributed by atoms with E-state index in [9.17, 15) is 14.4 Å². The fourth-order valence-corrected chi connectivity index (χ4v) is 3.34. The second-order valence-electron chi connectivity index (χ2n) is 6.65. The van der Waals surface area contributed by atoms with Gasteiger partial charge in [0.15, 0.2) is 0 Å². The molecular formula is C19H22N2O3. The number of likely N-dealkylation sites (N-methyl/N-ethyl adjacent to an activating group) is 1. The van der Waals surface area contributed by atoms with Crippen LogP contribution in [0.15, 0.2) is 36.4 Å². The molecule has 0 bridgehead atoms. The van der Waals surface area contributed by atoms with Gasteiger partial charge in [-0.2, -0.15) is 0 Å². The lowest BCUT2D eigenvalue weighted by atomic mass is 9.85. The lowest BCUT2D eigenvalue weighted by Gasteiger charge is -2.21. The van der Waals surface area contributed by atoms with Crippen LogP contribution in [0.5, 0.6) is 0 Å². The van der Waals surface area contributed by atoms with Gasteiger partial charge in [-0.25, -0.2) is 0 Å². The van der Waals surface area contributed by atoms with Crippen LogP contribution in [0.3, 0.4) is 0 Å². The highest BCUT2D eigenvalue weighted by Crippen LogP contribution is 2.34. The lowest BCUT2D eigenvalue weighted by Crippen LogP contribution is -2.41. The van der Waals surface area contributed by atoms with E-state index in [-0.39, 0.29) is 36.1 Å². The van der Waals surface area contributed by atoms with Crippen molar-refractivity contribution in [2.45, 2.75) is 26.3 Å². The molecule has 5 nitrogen and oxygen atoms in total. The molecule has 0 aromatic heterocycles. The Morgan fingerprint density at radius 3 is 2.17 bits per heavy atom. The Labute approximate surface area is 141 Å². The second kappa shape index (κ2) is 6.59. The van der Waals surface area contributed by atoms with Crippen LogP contribution in [0.1, 0.15) is 24.0 Å². The number of nitrogens with zero attached hydrogens (tertiary/aromatic N) is 2. The quantitative estimate of drug-likeness (QED) is 0.627. The summed E-state index contributed by atoms with van der Waals surface area (Å²) in [7, 11) is 1.70. The second-order valence-corrected chi connectivity index (χ2v) is 6.65. The zero-order valence-electron chi connectivity index (χ0n) is 14.1. The average molecular weight is 326 g/mol. The number of hydrogen-bond acceptors (Lipinski definition) is 3. The van der Waals surface area contributed by atoms with E-state index >= 15 is 0 Å². The first-order valence-electron chi connectivity index (χ1n) is 8.27. The van der Waals surface area contributed by atoms with Gasteiger partial charge in [0.2, 0.25) is 17.7 Å². The van der Waals surface area contributed by atoms with Crippen LogP contribution in [0.25, 0.3) is 0 Å². The number of imide groups is 1. The molecule has 1 aliphatic carbocycles. The number of amides is 3. The summed E-state index contributed by atoms with van der Waals surface area (Å²) >= 11 is 0. The number of allylic oxidation sites excluding steroid dienone is 2. The highest BCUT2D eigenvalue weighted by molar-refractivity contribution is 6.07. The van der Waals surface area contributed by atoms with Crippen LogP contribution in [0.2, 0.25) is 0 Å². The Bertz CT molecular complexity index is 667. The monoisotopic (exact) mass is 326 g/mol. The molecule has 3 amide bonds. The van der Waals surface area contributed by atoms with E-state index in [1.165, 1.54) is 0 Å². The molecule has 0 radical (unpaired) electrons. The maximum absolute atomic E-state index is 12.4. The summed E-state index contributed by atoms with van der Waals surface area (Å²) in [6, 6.07) is 7.95. The van der Waals surface area contributed by atoms with E-state index in [0.29, 0.717) is 19.4 Å². The van der Waals surface area contributed by atoms with Crippen molar-refractivity contribution >= 4 is 17.7 Å². The average Bonchev–Trinajstić information content (AvgIpc) is 2.82. The van der Waals surface area contributed by atoms with Gasteiger partial charge in [0, 0.05) is 13.6 Å². The normalized spacial score (nSPS) is 22.7. The molecule has 1 heterocycles. The number of carbonyl (C=O) groups excluding carboxylic acids is 3. The molecule has 2 atom stereocenters. The van der Waals surface area contributed by atoms with Gasteiger partial charge in [0.25, 0.3) is 0 Å². The summed E-state index contributed by atoms with van der Waals surface area (Å²) in [6.07, 6.45) is 5.08. The third-order valence-electron chi connectivity index (χ3n) is 4.86. The fraction of sp³-hybridized carbons (Fsp3) is 0.421. The molecule has 1 saturated heterocycles. The Hall–Kier alpha value is -2.43. The summed E-state index contributed by atoms with van der Waals surface area (Å²) in [5.41, 5.74) is 2.19. The zero-order chi connectivity index (χ0) is 17.3. The lowest BCUT2D eigenvalue weighted by molar-refractivity contribution is -0.146. The van der Waals surface area contributed by atoms with Crippen molar-refractivity contribution in [3.8, 4) is 0 Å². The number of rotatable bonds is 4. The number of benzene rings is 1. The minimum atomic E-state index is -0.280. The highest BCUT2D eigenvalue weighted by atomic mass is 16.2. The van der Waals surface area contributed by atoms with Crippen molar-refractivity contribution in [1.82, 2.24) is 9.80 Å². The molecular weight excluding hydrogens is 304 g/mol. The standard InChI is InChI=1S/C19H22N2O3/c1-13-7-9-14(10-8-13)11-20(2)17(22)12-21-18(23)15-5-3-4-6-16(15)19(21)24/h3-4,7-10,15-16H,5-6,11-12H2,1-2H3/t15-,16-/m0/s1. The van der Waals surface area contributed by atoms with Gasteiger partial charge in [0.1, 0.15) is 6.54 Å². The third-order valence-corrected chi connectivity index (χ3v) is 4.86. The van der Waals surface area contributed by atoms with Crippen LogP contribution >= 0.6 is 0 Å². The molecule has 3 rings (SSSR count). The van der Waals surface area contributed by atoms with Gasteiger partial charge in [-0.1, -0.05) is 42.0 Å². The van der Waals surface area contributed by atoms with Gasteiger partial charge in [0.05, 0.1) is 11.8 Å². The molecule has 5 heteroatoms. The summed E-state index contributed by atoms with van der Waals surface area (Å²) in [5, 5.41) is 0. The molecule has 0 unspecified atom stereocenters. The zero-order valence-corrected chi connectivity index (χ0v) is 14.1. The van der Waals surface area contributed by atoms with Crippen molar-refractivity contribution in [1.29, 1.82) is 0 Å². The minimum Gasteiger partial charge on any atom is -0.340 e. The van der Waals surface area contributed by atoms with E-state index in [1.807, 2.05) is 43.3 Å².